The fourth-order valence-electron chi connectivity index (χ4n) is 2.55. The molecule has 0 aliphatic rings. The number of nitrogens with one attached hydrogen (secondary N) is 2. The summed E-state index contributed by atoms with van der Waals surface area (Å²) in [6.07, 6.45) is 0. The summed E-state index contributed by atoms with van der Waals surface area (Å²) in [5, 5.41) is 5.48. The van der Waals surface area contributed by atoms with Crippen LogP contribution in [0.15, 0.2) is 58.0 Å². The van der Waals surface area contributed by atoms with E-state index in [1.54, 1.807) is 69.7 Å². The van der Waals surface area contributed by atoms with Crippen LogP contribution in [-0.2, 0) is 9.59 Å². The highest BCUT2D eigenvalue weighted by Gasteiger charge is 2.20. The van der Waals surface area contributed by atoms with E-state index in [4.69, 9.17) is 9.47 Å². The van der Waals surface area contributed by atoms with Gasteiger partial charge in [-0.1, -0.05) is 23.5 Å². The van der Waals surface area contributed by atoms with Gasteiger partial charge in [-0.25, -0.2) is 4.98 Å². The van der Waals surface area contributed by atoms with Crippen molar-refractivity contribution in [1.29, 1.82) is 0 Å². The van der Waals surface area contributed by atoms with E-state index in [0.717, 1.165) is 11.5 Å². The molecule has 0 saturated carbocycles. The summed E-state index contributed by atoms with van der Waals surface area (Å²) in [4.78, 5) is 29.4. The lowest BCUT2D eigenvalue weighted by Gasteiger charge is -2.11. The first-order chi connectivity index (χ1) is 15.9. The second-order valence-electron chi connectivity index (χ2n) is 6.80. The molecule has 3 aromatic rings. The van der Waals surface area contributed by atoms with Crippen LogP contribution in [-0.4, -0.2) is 45.9 Å². The van der Waals surface area contributed by atoms with Gasteiger partial charge in [0.15, 0.2) is 4.34 Å². The number of amides is 2. The van der Waals surface area contributed by atoms with E-state index in [9.17, 15) is 9.59 Å². The number of aromatic nitrogens is 2. The molecule has 174 valence electrons. The maximum Gasteiger partial charge on any atom is 0.237 e. The van der Waals surface area contributed by atoms with Gasteiger partial charge in [-0.3, -0.25) is 9.59 Å². The van der Waals surface area contributed by atoms with Gasteiger partial charge in [0, 0.05) is 11.4 Å². The van der Waals surface area contributed by atoms with Gasteiger partial charge in [-0.05, 0) is 73.9 Å². The van der Waals surface area contributed by atoms with E-state index < -0.39 is 5.25 Å². The lowest BCUT2D eigenvalue weighted by atomic mass is 10.3. The van der Waals surface area contributed by atoms with Gasteiger partial charge in [0.1, 0.15) is 11.5 Å². The molecule has 0 aliphatic carbocycles. The third kappa shape index (κ3) is 7.37. The lowest BCUT2D eigenvalue weighted by molar-refractivity contribution is -0.116. The molecule has 0 unspecified atom stereocenters. The minimum Gasteiger partial charge on any atom is -0.497 e. The number of anilines is 2. The predicted molar refractivity (Wildman–Crippen MR) is 134 cm³/mol. The quantitative estimate of drug-likeness (QED) is 0.380. The molecular weight excluding hydrogens is 480 g/mol. The van der Waals surface area contributed by atoms with Crippen LogP contribution in [0.1, 0.15) is 13.8 Å². The normalized spacial score (nSPS) is 12.5. The van der Waals surface area contributed by atoms with Crippen molar-refractivity contribution in [3.63, 3.8) is 0 Å². The summed E-state index contributed by atoms with van der Waals surface area (Å²) in [5.74, 6) is 1.16. The van der Waals surface area contributed by atoms with Gasteiger partial charge in [0.25, 0.3) is 0 Å². The third-order valence-electron chi connectivity index (χ3n) is 4.40. The van der Waals surface area contributed by atoms with Gasteiger partial charge in [0.05, 0.1) is 24.7 Å². The number of carbonyl (C=O) groups is 2. The van der Waals surface area contributed by atoms with Crippen molar-refractivity contribution in [3.8, 4) is 11.5 Å². The van der Waals surface area contributed by atoms with Gasteiger partial charge in [-0.15, -0.1) is 0 Å². The van der Waals surface area contributed by atoms with E-state index in [1.165, 1.54) is 35.1 Å². The van der Waals surface area contributed by atoms with E-state index in [-0.39, 0.29) is 17.1 Å². The Morgan fingerprint density at radius 3 is 1.73 bits per heavy atom. The third-order valence-corrected chi connectivity index (χ3v) is 7.36. The molecule has 0 radical (unpaired) electrons. The van der Waals surface area contributed by atoms with Crippen LogP contribution >= 0.6 is 35.1 Å². The van der Waals surface area contributed by atoms with Gasteiger partial charge in [-0.2, -0.15) is 4.37 Å². The second kappa shape index (κ2) is 11.9. The molecule has 0 bridgehead atoms. The molecule has 2 atom stereocenters. The van der Waals surface area contributed by atoms with Crippen LogP contribution < -0.4 is 20.1 Å². The van der Waals surface area contributed by atoms with E-state index in [0.29, 0.717) is 20.9 Å². The maximum atomic E-state index is 12.5. The maximum absolute atomic E-state index is 12.5. The zero-order valence-electron chi connectivity index (χ0n) is 18.5. The largest absolute Gasteiger partial charge is 0.497 e. The van der Waals surface area contributed by atoms with Gasteiger partial charge in [0.2, 0.25) is 17.0 Å². The fraction of sp³-hybridized carbons (Fsp3) is 0.273. The molecule has 2 aromatic carbocycles. The number of hydrogen-bond acceptors (Lipinski definition) is 9. The smallest absolute Gasteiger partial charge is 0.237 e. The molecule has 1 aromatic heterocycles. The molecule has 0 spiro atoms. The number of hydrogen-bond donors (Lipinski definition) is 2. The topological polar surface area (TPSA) is 102 Å². The summed E-state index contributed by atoms with van der Waals surface area (Å²) in [5.41, 5.74) is 1.38. The van der Waals surface area contributed by atoms with E-state index in [1.807, 2.05) is 6.92 Å². The zero-order chi connectivity index (χ0) is 23.8. The Hall–Kier alpha value is -2.76. The first-order valence-corrected chi connectivity index (χ1v) is 12.5. The Kier molecular flexibility index (Phi) is 8.98. The summed E-state index contributed by atoms with van der Waals surface area (Å²) in [6.45, 7) is 3.60. The molecule has 0 aliphatic heterocycles. The van der Waals surface area contributed by atoms with Gasteiger partial charge < -0.3 is 20.1 Å². The summed E-state index contributed by atoms with van der Waals surface area (Å²) in [7, 11) is 3.18. The van der Waals surface area contributed by atoms with Crippen molar-refractivity contribution >= 4 is 58.2 Å². The number of thioether (sulfide) groups is 2. The van der Waals surface area contributed by atoms with Crippen LogP contribution in [0.4, 0.5) is 11.4 Å². The standard InChI is InChI=1S/C22H24N4O4S3/c1-13(19(27)23-15-5-9-17(29-3)10-6-15)31-21-25-22(33-26-21)32-14(2)20(28)24-16-7-11-18(30-4)12-8-16/h5-14H,1-4H3,(H,23,27)(H,24,28)/t13-,14+/m0/s1. The van der Waals surface area contributed by atoms with Crippen LogP contribution in [0.25, 0.3) is 0 Å². The second-order valence-corrected chi connectivity index (χ2v) is 10.4. The summed E-state index contributed by atoms with van der Waals surface area (Å²) < 4.78 is 15.2. The zero-order valence-corrected chi connectivity index (χ0v) is 21.0. The number of carbonyl (C=O) groups excluding carboxylic acids is 2. The molecule has 8 nitrogen and oxygen atoms in total. The predicted octanol–water partition coefficient (Wildman–Crippen LogP) is 4.79. The lowest BCUT2D eigenvalue weighted by Crippen LogP contribution is -2.22. The summed E-state index contributed by atoms with van der Waals surface area (Å²) >= 11 is 3.80. The van der Waals surface area contributed by atoms with E-state index >= 15 is 0 Å². The highest BCUT2D eigenvalue weighted by Crippen LogP contribution is 2.30. The number of nitrogens with zero attached hydrogens (tertiary/aromatic N) is 2. The highest BCUT2D eigenvalue weighted by molar-refractivity contribution is 8.02. The molecule has 2 amide bonds. The van der Waals surface area contributed by atoms with Crippen molar-refractivity contribution in [2.24, 2.45) is 0 Å². The Balaban J connectivity index is 1.49. The van der Waals surface area contributed by atoms with Crippen molar-refractivity contribution in [3.05, 3.63) is 48.5 Å². The molecule has 0 saturated heterocycles. The number of methoxy groups -OCH3 is 2. The Morgan fingerprint density at radius 1 is 0.818 bits per heavy atom. The van der Waals surface area contributed by atoms with Crippen molar-refractivity contribution in [2.45, 2.75) is 33.8 Å². The first kappa shape index (κ1) is 24.9. The fourth-order valence-corrected chi connectivity index (χ4v) is 5.22. The molecular formula is C22H24N4O4S3. The molecule has 33 heavy (non-hydrogen) atoms. The highest BCUT2D eigenvalue weighted by atomic mass is 32.2. The van der Waals surface area contributed by atoms with Crippen molar-refractivity contribution in [1.82, 2.24) is 9.36 Å². The molecule has 2 N–H and O–H groups in total. The first-order valence-electron chi connectivity index (χ1n) is 9.94. The average Bonchev–Trinajstić information content (AvgIpc) is 3.26. The summed E-state index contributed by atoms with van der Waals surface area (Å²) in [6, 6.07) is 14.3. The minimum atomic E-state index is -0.393. The minimum absolute atomic E-state index is 0.137. The number of rotatable bonds is 10. The number of benzene rings is 2. The molecule has 1 heterocycles. The van der Waals surface area contributed by atoms with Gasteiger partial charge >= 0.3 is 0 Å². The molecule has 11 heteroatoms. The van der Waals surface area contributed by atoms with Crippen LogP contribution in [0.5, 0.6) is 11.5 Å². The molecule has 3 rings (SSSR count). The average molecular weight is 505 g/mol. The Morgan fingerprint density at radius 2 is 1.27 bits per heavy atom. The van der Waals surface area contributed by atoms with E-state index in [2.05, 4.69) is 20.0 Å². The van der Waals surface area contributed by atoms with Crippen LogP contribution in [0, 0.1) is 0 Å². The SMILES string of the molecule is COc1ccc(NC(=O)[C@H](C)Sc2nsc(S[C@H](C)C(=O)Nc3ccc(OC)cc3)n2)cc1. The van der Waals surface area contributed by atoms with Crippen molar-refractivity contribution in [2.75, 3.05) is 24.9 Å². The molecule has 0 fully saturated rings. The Bertz CT molecular complexity index is 990. The van der Waals surface area contributed by atoms with Crippen molar-refractivity contribution < 1.29 is 19.1 Å². The van der Waals surface area contributed by atoms with Crippen LogP contribution in [0.2, 0.25) is 0 Å². The monoisotopic (exact) mass is 504 g/mol. The number of ether oxygens (including phenoxy) is 2. The van der Waals surface area contributed by atoms with Crippen LogP contribution in [0.3, 0.4) is 0 Å². The Labute approximate surface area is 205 Å².